The molecule has 13 heteroatoms. The standard InChI is InChI=1S/C36H17Cl9N4/c37-17-5-9-21(26(42)13-17)31-32(22-10-6-18(38)14-27(22)43)47-35(46-31)36-48-33(23-11-7-19(39)15-28(23)44)34(24-12-8-20(40)16-29(24)45)49(36)30-4-2-1-3-25(30)41/h1-16H,(H,46,47). The van der Waals surface area contributed by atoms with Gasteiger partial charge in [0.1, 0.15) is 0 Å². The van der Waals surface area contributed by atoms with Gasteiger partial charge in [-0.1, -0.05) is 117 Å². The molecule has 2 aromatic heterocycles. The van der Waals surface area contributed by atoms with Crippen LogP contribution in [-0.2, 0) is 0 Å². The Morgan fingerprint density at radius 1 is 0.449 bits per heavy atom. The zero-order valence-corrected chi connectivity index (χ0v) is 31.3. The Kier molecular flexibility index (Phi) is 9.90. The van der Waals surface area contributed by atoms with E-state index < -0.39 is 0 Å². The molecular formula is C36H17Cl9N4. The second-order valence-electron chi connectivity index (χ2n) is 10.7. The molecule has 0 amide bonds. The number of imidazole rings is 2. The zero-order valence-electron chi connectivity index (χ0n) is 24.5. The van der Waals surface area contributed by atoms with Gasteiger partial charge in [-0.3, -0.25) is 4.57 Å². The van der Waals surface area contributed by atoms with Crippen molar-refractivity contribution in [2.75, 3.05) is 0 Å². The Balaban J connectivity index is 1.62. The summed E-state index contributed by atoms with van der Waals surface area (Å²) in [5.41, 5.74) is 5.14. The SMILES string of the molecule is Clc1ccc(-c2nc(-c3nc(-c4ccc(Cl)cc4Cl)c(-c4ccc(Cl)cc4Cl)n3-c3ccccc3Cl)[nH]c2-c2ccc(Cl)cc2Cl)c(Cl)c1. The molecule has 0 aliphatic heterocycles. The molecule has 1 N–H and O–H groups in total. The van der Waals surface area contributed by atoms with Crippen LogP contribution in [0.25, 0.3) is 62.4 Å². The van der Waals surface area contributed by atoms with Gasteiger partial charge in [0.15, 0.2) is 11.6 Å². The zero-order chi connectivity index (χ0) is 34.6. The van der Waals surface area contributed by atoms with Crippen LogP contribution >= 0.6 is 104 Å². The normalized spacial score (nSPS) is 11.4. The van der Waals surface area contributed by atoms with E-state index in [9.17, 15) is 0 Å². The Labute approximate surface area is 326 Å². The molecule has 7 rings (SSSR count). The van der Waals surface area contributed by atoms with Crippen LogP contribution in [0.1, 0.15) is 0 Å². The average molecular weight is 825 g/mol. The van der Waals surface area contributed by atoms with Gasteiger partial charge in [0.2, 0.25) is 0 Å². The lowest BCUT2D eigenvalue weighted by molar-refractivity contribution is 1.05. The van der Waals surface area contributed by atoms with Crippen molar-refractivity contribution in [2.24, 2.45) is 0 Å². The van der Waals surface area contributed by atoms with Gasteiger partial charge in [0.05, 0.1) is 53.6 Å². The number of nitrogens with one attached hydrogen (secondary N) is 1. The lowest BCUT2D eigenvalue weighted by atomic mass is 10.0. The number of H-pyrrole nitrogens is 1. The third-order valence-electron chi connectivity index (χ3n) is 7.65. The van der Waals surface area contributed by atoms with Crippen LogP contribution in [0, 0.1) is 0 Å². The van der Waals surface area contributed by atoms with Gasteiger partial charge in [-0.25, -0.2) is 9.97 Å². The van der Waals surface area contributed by atoms with Crippen LogP contribution in [0.4, 0.5) is 0 Å². The molecule has 5 aromatic carbocycles. The first-order valence-electron chi connectivity index (χ1n) is 14.3. The lowest BCUT2D eigenvalue weighted by Crippen LogP contribution is -2.02. The second kappa shape index (κ2) is 14.0. The summed E-state index contributed by atoms with van der Waals surface area (Å²) in [6.45, 7) is 0. The minimum absolute atomic E-state index is 0.352. The van der Waals surface area contributed by atoms with E-state index in [0.717, 1.165) is 0 Å². The predicted octanol–water partition coefficient (Wildman–Crippen LogP) is 14.8. The Bertz CT molecular complexity index is 2350. The molecule has 0 atom stereocenters. The van der Waals surface area contributed by atoms with Gasteiger partial charge in [0.25, 0.3) is 0 Å². The molecule has 0 spiro atoms. The largest absolute Gasteiger partial charge is 0.335 e. The smallest absolute Gasteiger partial charge is 0.182 e. The minimum atomic E-state index is 0.352. The molecule has 0 unspecified atom stereocenters. The Hall–Kier alpha value is -2.87. The predicted molar refractivity (Wildman–Crippen MR) is 208 cm³/mol. The van der Waals surface area contributed by atoms with E-state index in [1.54, 1.807) is 72.8 Å². The van der Waals surface area contributed by atoms with Crippen LogP contribution in [0.2, 0.25) is 45.2 Å². The maximum absolute atomic E-state index is 6.91. The fraction of sp³-hybridized carbons (Fsp3) is 0. The van der Waals surface area contributed by atoms with Gasteiger partial charge < -0.3 is 4.98 Å². The van der Waals surface area contributed by atoms with Gasteiger partial charge in [-0.2, -0.15) is 0 Å². The van der Waals surface area contributed by atoms with Crippen LogP contribution in [0.15, 0.2) is 97.1 Å². The molecule has 0 fully saturated rings. The van der Waals surface area contributed by atoms with Gasteiger partial charge in [-0.15, -0.1) is 0 Å². The van der Waals surface area contributed by atoms with E-state index in [1.807, 2.05) is 28.8 Å². The van der Waals surface area contributed by atoms with E-state index in [1.165, 1.54) is 0 Å². The highest BCUT2D eigenvalue weighted by Crippen LogP contribution is 2.46. The highest BCUT2D eigenvalue weighted by molar-refractivity contribution is 6.39. The summed E-state index contributed by atoms with van der Waals surface area (Å²) < 4.78 is 1.87. The fourth-order valence-electron chi connectivity index (χ4n) is 5.49. The molecule has 4 nitrogen and oxygen atoms in total. The summed E-state index contributed by atoms with van der Waals surface area (Å²) in [7, 11) is 0. The second-order valence-corrected chi connectivity index (χ2v) is 14.5. The number of nitrogens with zero attached hydrogens (tertiary/aromatic N) is 3. The van der Waals surface area contributed by atoms with Gasteiger partial charge in [0, 0.05) is 42.3 Å². The summed E-state index contributed by atoms with van der Waals surface area (Å²) in [4.78, 5) is 13.8. The van der Waals surface area contributed by atoms with E-state index in [-0.39, 0.29) is 0 Å². The van der Waals surface area contributed by atoms with Crippen molar-refractivity contribution >= 4 is 104 Å². The number of benzene rings is 5. The van der Waals surface area contributed by atoms with Crippen molar-refractivity contribution in [1.29, 1.82) is 0 Å². The Morgan fingerprint density at radius 3 is 1.43 bits per heavy atom. The summed E-state index contributed by atoms with van der Waals surface area (Å²) in [5, 5.41) is 3.83. The third kappa shape index (κ3) is 6.68. The molecule has 0 aliphatic carbocycles. The summed E-state index contributed by atoms with van der Waals surface area (Å²) in [6.07, 6.45) is 0. The van der Waals surface area contributed by atoms with Crippen molar-refractivity contribution in [3.8, 4) is 62.4 Å². The number of aromatic amines is 1. The summed E-state index contributed by atoms with van der Waals surface area (Å²) in [6, 6.07) is 28.1. The topological polar surface area (TPSA) is 46.5 Å². The molecule has 0 saturated carbocycles. The average Bonchev–Trinajstić information content (AvgIpc) is 3.64. The lowest BCUT2D eigenvalue weighted by Gasteiger charge is -2.15. The van der Waals surface area contributed by atoms with Crippen LogP contribution in [0.5, 0.6) is 0 Å². The van der Waals surface area contributed by atoms with Gasteiger partial charge in [-0.05, 0) is 84.9 Å². The van der Waals surface area contributed by atoms with Crippen molar-refractivity contribution in [2.45, 2.75) is 0 Å². The van der Waals surface area contributed by atoms with Crippen molar-refractivity contribution in [3.05, 3.63) is 142 Å². The van der Waals surface area contributed by atoms with Crippen LogP contribution < -0.4 is 0 Å². The molecule has 0 radical (unpaired) electrons. The van der Waals surface area contributed by atoms with Gasteiger partial charge >= 0.3 is 0 Å². The summed E-state index contributed by atoms with van der Waals surface area (Å²) >= 11 is 59.4. The number of hydrogen-bond acceptors (Lipinski definition) is 2. The quantitative estimate of drug-likeness (QED) is 0.182. The van der Waals surface area contributed by atoms with E-state index in [4.69, 9.17) is 114 Å². The first kappa shape index (κ1) is 34.6. The number of para-hydroxylation sites is 1. The first-order valence-corrected chi connectivity index (χ1v) is 17.7. The molecule has 0 aliphatic rings. The molecular weight excluding hydrogens is 808 g/mol. The number of rotatable bonds is 6. The maximum atomic E-state index is 6.91. The van der Waals surface area contributed by atoms with E-state index in [2.05, 4.69) is 4.98 Å². The molecule has 2 heterocycles. The van der Waals surface area contributed by atoms with Crippen molar-refractivity contribution < 1.29 is 0 Å². The number of aromatic nitrogens is 4. The highest BCUT2D eigenvalue weighted by atomic mass is 35.5. The monoisotopic (exact) mass is 820 g/mol. The Morgan fingerprint density at radius 2 is 0.918 bits per heavy atom. The van der Waals surface area contributed by atoms with Crippen molar-refractivity contribution in [3.63, 3.8) is 0 Å². The molecule has 49 heavy (non-hydrogen) atoms. The highest BCUT2D eigenvalue weighted by Gasteiger charge is 2.29. The molecule has 244 valence electrons. The minimum Gasteiger partial charge on any atom is -0.335 e. The number of hydrogen-bond donors (Lipinski definition) is 1. The van der Waals surface area contributed by atoms with Crippen LogP contribution in [-0.4, -0.2) is 19.5 Å². The molecule has 0 bridgehead atoms. The van der Waals surface area contributed by atoms with E-state index >= 15 is 0 Å². The summed E-state index contributed by atoms with van der Waals surface area (Å²) in [5.74, 6) is 0.724. The van der Waals surface area contributed by atoms with Crippen molar-refractivity contribution in [1.82, 2.24) is 19.5 Å². The molecule has 7 aromatic rings. The fourth-order valence-corrected chi connectivity index (χ4v) is 7.71. The first-order chi connectivity index (χ1) is 23.5. The number of halogens is 9. The maximum Gasteiger partial charge on any atom is 0.182 e. The third-order valence-corrected chi connectivity index (χ3v) is 10.2. The van der Waals surface area contributed by atoms with E-state index in [0.29, 0.717) is 108 Å². The molecule has 0 saturated heterocycles. The van der Waals surface area contributed by atoms with Crippen LogP contribution in [0.3, 0.4) is 0 Å².